The van der Waals surface area contributed by atoms with Gasteiger partial charge in [-0.25, -0.2) is 0 Å². The quantitative estimate of drug-likeness (QED) is 0.451. The maximum atomic E-state index is 6.20. The molecule has 0 bridgehead atoms. The summed E-state index contributed by atoms with van der Waals surface area (Å²) in [4.78, 5) is 0. The van der Waals surface area contributed by atoms with Crippen molar-refractivity contribution >= 4 is 14.5 Å². The Morgan fingerprint density at radius 1 is 1.30 bits per heavy atom. The molecule has 3 unspecified atom stereocenters. The summed E-state index contributed by atoms with van der Waals surface area (Å²) in [5.74, 6) is 0. The highest BCUT2D eigenvalue weighted by Crippen LogP contribution is 2.38. The van der Waals surface area contributed by atoms with Crippen molar-refractivity contribution in [1.29, 1.82) is 0 Å². The van der Waals surface area contributed by atoms with Crippen molar-refractivity contribution in [2.24, 2.45) is 5.10 Å². The van der Waals surface area contributed by atoms with Gasteiger partial charge in [-0.15, -0.1) is 0 Å². The first-order valence-electron chi connectivity index (χ1n) is 8.43. The molecule has 2 aliphatic rings. The highest BCUT2D eigenvalue weighted by molar-refractivity contribution is 6.74. The summed E-state index contributed by atoms with van der Waals surface area (Å²) < 4.78 is 11.9. The summed E-state index contributed by atoms with van der Waals surface area (Å²) in [6.07, 6.45) is 2.24. The van der Waals surface area contributed by atoms with Gasteiger partial charge in [0.25, 0.3) is 0 Å². The standard InChI is InChI=1S/C18H28N2O2Si/c1-18(2,3)23(4,5)21-13-17-16(22-17)11-19-20-12-15(20)14-9-7-6-8-10-14/h6-11,15-17H,12-13H2,1-5H3/b19-11+. The molecule has 1 aromatic rings. The molecule has 2 fully saturated rings. The molecule has 2 aliphatic heterocycles. The van der Waals surface area contributed by atoms with Crippen molar-refractivity contribution in [3.05, 3.63) is 35.9 Å². The number of hydrazone groups is 1. The molecule has 126 valence electrons. The third-order valence-corrected chi connectivity index (χ3v) is 9.67. The van der Waals surface area contributed by atoms with Crippen LogP contribution in [0.4, 0.5) is 0 Å². The van der Waals surface area contributed by atoms with E-state index in [1.54, 1.807) is 0 Å². The summed E-state index contributed by atoms with van der Waals surface area (Å²) >= 11 is 0. The minimum absolute atomic E-state index is 0.122. The lowest BCUT2D eigenvalue weighted by Gasteiger charge is -2.35. The first-order chi connectivity index (χ1) is 10.8. The lowest BCUT2D eigenvalue weighted by molar-refractivity contribution is 0.243. The molecular formula is C18H28N2O2Si. The molecule has 3 rings (SSSR count). The molecule has 23 heavy (non-hydrogen) atoms. The monoisotopic (exact) mass is 332 g/mol. The van der Waals surface area contributed by atoms with Crippen molar-refractivity contribution in [3.8, 4) is 0 Å². The second kappa shape index (κ2) is 6.04. The van der Waals surface area contributed by atoms with E-state index in [0.717, 1.165) is 6.54 Å². The fourth-order valence-electron chi connectivity index (χ4n) is 2.29. The number of nitrogens with zero attached hydrogens (tertiary/aromatic N) is 2. The van der Waals surface area contributed by atoms with Crippen molar-refractivity contribution in [1.82, 2.24) is 5.01 Å². The van der Waals surface area contributed by atoms with Gasteiger partial charge in [-0.3, -0.25) is 5.01 Å². The van der Waals surface area contributed by atoms with Crippen LogP contribution in [0, 0.1) is 0 Å². The van der Waals surface area contributed by atoms with E-state index in [4.69, 9.17) is 9.16 Å². The van der Waals surface area contributed by atoms with E-state index in [-0.39, 0.29) is 17.2 Å². The molecule has 0 aliphatic carbocycles. The van der Waals surface area contributed by atoms with Crippen LogP contribution in [-0.2, 0) is 9.16 Å². The van der Waals surface area contributed by atoms with E-state index in [2.05, 4.69) is 68.2 Å². The second-order valence-electron chi connectivity index (χ2n) is 8.02. The molecule has 0 amide bonds. The summed E-state index contributed by atoms with van der Waals surface area (Å²) in [6, 6.07) is 11.0. The summed E-state index contributed by atoms with van der Waals surface area (Å²) in [5, 5.41) is 6.88. The highest BCUT2D eigenvalue weighted by atomic mass is 28.4. The summed E-state index contributed by atoms with van der Waals surface area (Å²) in [7, 11) is -1.68. The van der Waals surface area contributed by atoms with E-state index in [9.17, 15) is 0 Å². The van der Waals surface area contributed by atoms with Crippen LogP contribution in [0.5, 0.6) is 0 Å². The summed E-state index contributed by atoms with van der Waals surface area (Å²) in [5.41, 5.74) is 1.33. The molecule has 0 saturated carbocycles. The van der Waals surface area contributed by atoms with Crippen LogP contribution in [0.15, 0.2) is 35.4 Å². The predicted octanol–water partition coefficient (Wildman–Crippen LogP) is 3.82. The second-order valence-corrected chi connectivity index (χ2v) is 12.8. The van der Waals surface area contributed by atoms with Gasteiger partial charge in [0.15, 0.2) is 8.32 Å². The minimum Gasteiger partial charge on any atom is -0.414 e. The first-order valence-corrected chi connectivity index (χ1v) is 11.3. The maximum Gasteiger partial charge on any atom is 0.192 e. The molecule has 2 saturated heterocycles. The minimum atomic E-state index is -1.68. The molecule has 3 atom stereocenters. The molecule has 0 spiro atoms. The Morgan fingerprint density at radius 2 is 2.00 bits per heavy atom. The number of epoxide rings is 1. The van der Waals surface area contributed by atoms with Crippen LogP contribution in [0.3, 0.4) is 0 Å². The number of hydrogen-bond donors (Lipinski definition) is 0. The number of ether oxygens (including phenoxy) is 1. The van der Waals surface area contributed by atoms with Gasteiger partial charge in [0.05, 0.1) is 25.4 Å². The Labute approximate surface area is 140 Å². The van der Waals surface area contributed by atoms with Crippen molar-refractivity contribution in [2.45, 2.75) is 57.2 Å². The van der Waals surface area contributed by atoms with Gasteiger partial charge in [0.1, 0.15) is 12.2 Å². The summed E-state index contributed by atoms with van der Waals surface area (Å²) in [6.45, 7) is 13.0. The van der Waals surface area contributed by atoms with Gasteiger partial charge in [-0.2, -0.15) is 5.10 Å². The largest absolute Gasteiger partial charge is 0.414 e. The van der Waals surface area contributed by atoms with E-state index < -0.39 is 8.32 Å². The van der Waals surface area contributed by atoms with E-state index in [1.165, 1.54) is 5.56 Å². The van der Waals surface area contributed by atoms with Gasteiger partial charge < -0.3 is 9.16 Å². The van der Waals surface area contributed by atoms with Crippen LogP contribution in [0.25, 0.3) is 0 Å². The predicted molar refractivity (Wildman–Crippen MR) is 96.2 cm³/mol. The topological polar surface area (TPSA) is 37.1 Å². The molecule has 0 radical (unpaired) electrons. The smallest absolute Gasteiger partial charge is 0.192 e. The van der Waals surface area contributed by atoms with Crippen LogP contribution in [0.1, 0.15) is 32.4 Å². The van der Waals surface area contributed by atoms with Crippen LogP contribution in [0.2, 0.25) is 18.1 Å². The Bertz CT molecular complexity index is 568. The molecular weight excluding hydrogens is 304 g/mol. The van der Waals surface area contributed by atoms with Crippen LogP contribution < -0.4 is 0 Å². The Hall–Kier alpha value is -1.17. The Balaban J connectivity index is 1.41. The van der Waals surface area contributed by atoms with Gasteiger partial charge >= 0.3 is 0 Å². The van der Waals surface area contributed by atoms with Crippen LogP contribution in [-0.4, -0.2) is 44.9 Å². The molecule has 2 heterocycles. The molecule has 0 N–H and O–H groups in total. The lowest BCUT2D eigenvalue weighted by Crippen LogP contribution is -2.41. The SMILES string of the molecule is CC(C)(C)[Si](C)(C)OCC1OC1/C=N/N1CC1c1ccccc1. The van der Waals surface area contributed by atoms with Crippen molar-refractivity contribution < 1.29 is 9.16 Å². The van der Waals surface area contributed by atoms with E-state index in [1.807, 2.05) is 12.3 Å². The van der Waals surface area contributed by atoms with Gasteiger partial charge in [-0.05, 0) is 23.7 Å². The van der Waals surface area contributed by atoms with Crippen molar-refractivity contribution in [3.63, 3.8) is 0 Å². The Morgan fingerprint density at radius 3 is 2.65 bits per heavy atom. The number of rotatable bonds is 6. The van der Waals surface area contributed by atoms with Crippen LogP contribution >= 0.6 is 0 Å². The average Bonchev–Trinajstić information content (AvgIpc) is 3.38. The van der Waals surface area contributed by atoms with Gasteiger partial charge in [-0.1, -0.05) is 51.1 Å². The maximum absolute atomic E-state index is 6.20. The zero-order valence-electron chi connectivity index (χ0n) is 14.8. The molecule has 5 heteroatoms. The molecule has 0 aromatic heterocycles. The highest BCUT2D eigenvalue weighted by Gasteiger charge is 2.43. The normalized spacial score (nSPS) is 27.5. The fraction of sp³-hybridized carbons (Fsp3) is 0.611. The molecule has 4 nitrogen and oxygen atoms in total. The average molecular weight is 333 g/mol. The van der Waals surface area contributed by atoms with E-state index in [0.29, 0.717) is 12.6 Å². The molecule has 1 aromatic carbocycles. The van der Waals surface area contributed by atoms with Gasteiger partial charge in [0, 0.05) is 0 Å². The third-order valence-electron chi connectivity index (χ3n) is 5.17. The number of benzene rings is 1. The van der Waals surface area contributed by atoms with E-state index >= 15 is 0 Å². The number of hydrogen-bond acceptors (Lipinski definition) is 4. The van der Waals surface area contributed by atoms with Crippen molar-refractivity contribution in [2.75, 3.05) is 13.2 Å². The Kier molecular flexibility index (Phi) is 4.38. The zero-order chi connectivity index (χ0) is 16.7. The third kappa shape index (κ3) is 4.02. The lowest BCUT2D eigenvalue weighted by atomic mass is 10.2. The fourth-order valence-corrected chi connectivity index (χ4v) is 3.30. The first kappa shape index (κ1) is 16.7. The zero-order valence-corrected chi connectivity index (χ0v) is 15.8. The van der Waals surface area contributed by atoms with Gasteiger partial charge in [0.2, 0.25) is 0 Å².